The second-order valence-electron chi connectivity index (χ2n) is 4.18. The van der Waals surface area contributed by atoms with E-state index < -0.39 is 0 Å². The monoisotopic (exact) mass is 224 g/mol. The van der Waals surface area contributed by atoms with Gasteiger partial charge in [-0.05, 0) is 18.8 Å². The number of halogens is 1. The molecule has 0 bridgehead atoms. The number of nitrogens with one attached hydrogen (secondary N) is 2. The topological polar surface area (TPSA) is 49.8 Å². The van der Waals surface area contributed by atoms with Crippen molar-refractivity contribution in [2.24, 2.45) is 5.92 Å². The third-order valence-electron chi connectivity index (χ3n) is 2.87. The van der Waals surface area contributed by atoms with Crippen LogP contribution in [0.25, 0.3) is 0 Å². The van der Waals surface area contributed by atoms with Crippen molar-refractivity contribution in [3.63, 3.8) is 0 Å². The van der Waals surface area contributed by atoms with E-state index in [0.29, 0.717) is 23.7 Å². The van der Waals surface area contributed by atoms with Crippen molar-refractivity contribution in [2.45, 2.75) is 32.2 Å². The molecule has 1 heterocycles. The van der Waals surface area contributed by atoms with Crippen LogP contribution in [-0.4, -0.2) is 23.1 Å². The van der Waals surface area contributed by atoms with Crippen molar-refractivity contribution in [3.8, 4) is 0 Å². The summed E-state index contributed by atoms with van der Waals surface area (Å²) >= 11 is 0. The third kappa shape index (κ3) is 2.40. The average Bonchev–Trinajstić information content (AvgIpc) is 3.00. The highest BCUT2D eigenvalue weighted by Gasteiger charge is 2.36. The SMILES string of the molecule is CCCC1CC1Nc1nc(NC)ncc1F. The maximum Gasteiger partial charge on any atom is 0.224 e. The van der Waals surface area contributed by atoms with Crippen LogP contribution in [0.15, 0.2) is 6.20 Å². The summed E-state index contributed by atoms with van der Waals surface area (Å²) in [6.07, 6.45) is 4.69. The molecule has 16 heavy (non-hydrogen) atoms. The van der Waals surface area contributed by atoms with Crippen LogP contribution in [0.1, 0.15) is 26.2 Å². The van der Waals surface area contributed by atoms with E-state index in [9.17, 15) is 4.39 Å². The molecule has 1 aromatic heterocycles. The maximum atomic E-state index is 13.4. The Balaban J connectivity index is 1.99. The molecule has 2 unspecified atom stereocenters. The van der Waals surface area contributed by atoms with E-state index >= 15 is 0 Å². The minimum Gasteiger partial charge on any atom is -0.364 e. The molecule has 0 spiro atoms. The number of anilines is 2. The molecule has 4 nitrogen and oxygen atoms in total. The molecule has 0 radical (unpaired) electrons. The van der Waals surface area contributed by atoms with Gasteiger partial charge in [0.15, 0.2) is 11.6 Å². The third-order valence-corrected chi connectivity index (χ3v) is 2.87. The van der Waals surface area contributed by atoms with Crippen molar-refractivity contribution >= 4 is 11.8 Å². The van der Waals surface area contributed by atoms with Gasteiger partial charge in [-0.15, -0.1) is 0 Å². The summed E-state index contributed by atoms with van der Waals surface area (Å²) in [6, 6.07) is 0.383. The lowest BCUT2D eigenvalue weighted by molar-refractivity contribution is 0.615. The highest BCUT2D eigenvalue weighted by Crippen LogP contribution is 2.37. The van der Waals surface area contributed by atoms with Crippen LogP contribution in [0.2, 0.25) is 0 Å². The summed E-state index contributed by atoms with van der Waals surface area (Å²) in [4.78, 5) is 7.86. The van der Waals surface area contributed by atoms with Crippen LogP contribution in [0.5, 0.6) is 0 Å². The Morgan fingerprint density at radius 2 is 2.38 bits per heavy atom. The standard InChI is InChI=1S/C11H17FN4/c1-3-4-7-5-9(7)15-10-8(12)6-14-11(13-2)16-10/h6-7,9H,3-5H2,1-2H3,(H2,13,14,15,16). The van der Waals surface area contributed by atoms with Gasteiger partial charge in [0, 0.05) is 13.1 Å². The molecule has 1 aromatic rings. The van der Waals surface area contributed by atoms with Gasteiger partial charge in [0.1, 0.15) is 0 Å². The van der Waals surface area contributed by atoms with Gasteiger partial charge < -0.3 is 10.6 Å². The van der Waals surface area contributed by atoms with Crippen molar-refractivity contribution in [3.05, 3.63) is 12.0 Å². The van der Waals surface area contributed by atoms with Crippen LogP contribution in [0.4, 0.5) is 16.2 Å². The molecule has 1 fully saturated rings. The van der Waals surface area contributed by atoms with Crippen LogP contribution < -0.4 is 10.6 Å². The second-order valence-corrected chi connectivity index (χ2v) is 4.18. The fourth-order valence-corrected chi connectivity index (χ4v) is 1.88. The minimum absolute atomic E-state index is 0.308. The van der Waals surface area contributed by atoms with Crippen molar-refractivity contribution < 1.29 is 4.39 Å². The largest absolute Gasteiger partial charge is 0.364 e. The Labute approximate surface area is 94.7 Å². The van der Waals surface area contributed by atoms with Crippen molar-refractivity contribution in [2.75, 3.05) is 17.7 Å². The first-order chi connectivity index (χ1) is 7.74. The summed E-state index contributed by atoms with van der Waals surface area (Å²) < 4.78 is 13.4. The van der Waals surface area contributed by atoms with E-state index in [1.54, 1.807) is 7.05 Å². The Morgan fingerprint density at radius 3 is 3.06 bits per heavy atom. The van der Waals surface area contributed by atoms with E-state index in [1.807, 2.05) is 0 Å². The zero-order chi connectivity index (χ0) is 11.5. The molecule has 0 saturated heterocycles. The molecule has 1 saturated carbocycles. The number of hydrogen-bond donors (Lipinski definition) is 2. The highest BCUT2D eigenvalue weighted by atomic mass is 19.1. The fraction of sp³-hybridized carbons (Fsp3) is 0.636. The molecule has 1 aliphatic carbocycles. The highest BCUT2D eigenvalue weighted by molar-refractivity contribution is 5.43. The van der Waals surface area contributed by atoms with Gasteiger partial charge in [0.05, 0.1) is 6.20 Å². The molecular formula is C11H17FN4. The quantitative estimate of drug-likeness (QED) is 0.805. The minimum atomic E-state index is -0.388. The summed E-state index contributed by atoms with van der Waals surface area (Å²) in [5, 5.41) is 5.92. The average molecular weight is 224 g/mol. The van der Waals surface area contributed by atoms with Gasteiger partial charge in [0.2, 0.25) is 5.95 Å². The predicted octanol–water partition coefficient (Wildman–Crippen LogP) is 2.26. The predicted molar refractivity (Wildman–Crippen MR) is 62.0 cm³/mol. The molecule has 2 atom stereocenters. The molecule has 5 heteroatoms. The summed E-state index contributed by atoms with van der Waals surface area (Å²) in [5.41, 5.74) is 0. The summed E-state index contributed by atoms with van der Waals surface area (Å²) in [6.45, 7) is 2.17. The van der Waals surface area contributed by atoms with Crippen LogP contribution in [0.3, 0.4) is 0 Å². The molecule has 2 rings (SSSR count). The molecule has 0 amide bonds. The fourth-order valence-electron chi connectivity index (χ4n) is 1.88. The normalized spacial score (nSPS) is 22.9. The van der Waals surface area contributed by atoms with Crippen LogP contribution >= 0.6 is 0 Å². The Kier molecular flexibility index (Phi) is 3.22. The van der Waals surface area contributed by atoms with E-state index in [2.05, 4.69) is 27.5 Å². The molecule has 1 aliphatic rings. The van der Waals surface area contributed by atoms with E-state index in [0.717, 1.165) is 6.42 Å². The van der Waals surface area contributed by atoms with Crippen LogP contribution in [-0.2, 0) is 0 Å². The first-order valence-corrected chi connectivity index (χ1v) is 5.71. The Hall–Kier alpha value is -1.39. The number of aromatic nitrogens is 2. The maximum absolute atomic E-state index is 13.4. The Bertz CT molecular complexity index is 369. The molecular weight excluding hydrogens is 207 g/mol. The number of rotatable bonds is 5. The lowest BCUT2D eigenvalue weighted by atomic mass is 10.2. The van der Waals surface area contributed by atoms with Gasteiger partial charge in [-0.2, -0.15) is 4.98 Å². The number of hydrogen-bond acceptors (Lipinski definition) is 4. The lowest BCUT2D eigenvalue weighted by Crippen LogP contribution is -2.10. The van der Waals surface area contributed by atoms with E-state index in [1.165, 1.54) is 19.0 Å². The zero-order valence-electron chi connectivity index (χ0n) is 9.63. The van der Waals surface area contributed by atoms with Gasteiger partial charge >= 0.3 is 0 Å². The number of nitrogens with zero attached hydrogens (tertiary/aromatic N) is 2. The molecule has 0 aliphatic heterocycles. The summed E-state index contributed by atoms with van der Waals surface area (Å²) in [7, 11) is 1.72. The first kappa shape index (κ1) is 11.1. The van der Waals surface area contributed by atoms with Gasteiger partial charge in [-0.3, -0.25) is 0 Å². The van der Waals surface area contributed by atoms with Gasteiger partial charge in [-0.25, -0.2) is 9.37 Å². The van der Waals surface area contributed by atoms with Crippen molar-refractivity contribution in [1.82, 2.24) is 9.97 Å². The van der Waals surface area contributed by atoms with Crippen LogP contribution in [0, 0.1) is 11.7 Å². The zero-order valence-corrected chi connectivity index (χ0v) is 9.63. The lowest BCUT2D eigenvalue weighted by Gasteiger charge is -2.07. The summed E-state index contributed by atoms with van der Waals surface area (Å²) in [5.74, 6) is 1.04. The van der Waals surface area contributed by atoms with E-state index in [4.69, 9.17) is 0 Å². The molecule has 0 aromatic carbocycles. The first-order valence-electron chi connectivity index (χ1n) is 5.71. The molecule has 88 valence electrons. The second kappa shape index (κ2) is 4.63. The van der Waals surface area contributed by atoms with Gasteiger partial charge in [0.25, 0.3) is 0 Å². The van der Waals surface area contributed by atoms with Gasteiger partial charge in [-0.1, -0.05) is 13.3 Å². The molecule has 2 N–H and O–H groups in total. The Morgan fingerprint density at radius 1 is 1.56 bits per heavy atom. The van der Waals surface area contributed by atoms with E-state index in [-0.39, 0.29) is 5.82 Å². The van der Waals surface area contributed by atoms with Crippen molar-refractivity contribution in [1.29, 1.82) is 0 Å². The smallest absolute Gasteiger partial charge is 0.224 e.